The Hall–Kier alpha value is -3.13. The van der Waals surface area contributed by atoms with Crippen LogP contribution in [0.25, 0.3) is 32.7 Å². The monoisotopic (exact) mass is 360 g/mol. The van der Waals surface area contributed by atoms with Gasteiger partial charge in [0.2, 0.25) is 0 Å². The molecule has 2 nitrogen and oxygen atoms in total. The molecule has 134 valence electrons. The molecule has 1 aliphatic carbocycles. The van der Waals surface area contributed by atoms with Crippen molar-refractivity contribution >= 4 is 39.1 Å². The van der Waals surface area contributed by atoms with Gasteiger partial charge in [0.1, 0.15) is 0 Å². The van der Waals surface area contributed by atoms with Gasteiger partial charge in [-0.25, -0.2) is 0 Å². The minimum atomic E-state index is 0.964. The van der Waals surface area contributed by atoms with E-state index in [1.807, 2.05) is 6.21 Å². The minimum Gasteiger partial charge on any atom is -0.384 e. The second-order valence-corrected chi connectivity index (χ2v) is 8.31. The third kappa shape index (κ3) is 1.90. The lowest BCUT2D eigenvalue weighted by atomic mass is 9.81. The molecule has 0 saturated heterocycles. The lowest BCUT2D eigenvalue weighted by Crippen LogP contribution is -2.05. The molecular formula is C26H20N2. The Balaban J connectivity index is 1.49. The number of fused-ring (bicyclic) bond motifs is 9. The summed E-state index contributed by atoms with van der Waals surface area (Å²) in [5, 5.41) is 9.07. The van der Waals surface area contributed by atoms with Crippen LogP contribution in [0.15, 0.2) is 53.5 Å². The molecule has 28 heavy (non-hydrogen) atoms. The standard InChI is InChI=1S/C26H20N2/c1-2-16-12-22-18(4-6-26-20(22)8-10-28-26)14-24(16)23-13-17-3-5-25-19(7-9-27-25)21(17)11-15(1)23/h3-6,9,11-14,28H,1-2,7-8,10H2. The predicted octanol–water partition coefficient (Wildman–Crippen LogP) is 5.99. The van der Waals surface area contributed by atoms with E-state index in [0.717, 1.165) is 37.9 Å². The fraction of sp³-hybridized carbons (Fsp3) is 0.192. The Labute approximate surface area is 163 Å². The summed E-state index contributed by atoms with van der Waals surface area (Å²) >= 11 is 0. The van der Waals surface area contributed by atoms with Crippen LogP contribution < -0.4 is 5.32 Å². The quantitative estimate of drug-likeness (QED) is 0.409. The number of nitrogens with one attached hydrogen (secondary N) is 1. The zero-order valence-corrected chi connectivity index (χ0v) is 15.7. The van der Waals surface area contributed by atoms with E-state index in [4.69, 9.17) is 0 Å². The largest absolute Gasteiger partial charge is 0.384 e. The highest BCUT2D eigenvalue weighted by Gasteiger charge is 2.21. The number of aryl methyl sites for hydroxylation is 2. The van der Waals surface area contributed by atoms with Crippen LogP contribution in [-0.2, 0) is 25.7 Å². The van der Waals surface area contributed by atoms with Gasteiger partial charge in [-0.15, -0.1) is 0 Å². The molecule has 0 unspecified atom stereocenters. The highest BCUT2D eigenvalue weighted by atomic mass is 14.9. The summed E-state index contributed by atoms with van der Waals surface area (Å²) in [6.07, 6.45) is 6.40. The summed E-state index contributed by atoms with van der Waals surface area (Å²) < 4.78 is 0. The normalized spacial score (nSPS) is 16.0. The van der Waals surface area contributed by atoms with E-state index in [0.29, 0.717) is 0 Å². The summed E-state index contributed by atoms with van der Waals surface area (Å²) in [7, 11) is 0. The molecule has 1 N–H and O–H groups in total. The zero-order valence-electron chi connectivity index (χ0n) is 15.7. The van der Waals surface area contributed by atoms with Crippen molar-refractivity contribution in [3.63, 3.8) is 0 Å². The van der Waals surface area contributed by atoms with Crippen LogP contribution in [0.4, 0.5) is 11.4 Å². The molecule has 4 aromatic rings. The van der Waals surface area contributed by atoms with E-state index in [-0.39, 0.29) is 0 Å². The molecule has 0 saturated carbocycles. The Morgan fingerprint density at radius 2 is 1.43 bits per heavy atom. The van der Waals surface area contributed by atoms with Crippen molar-refractivity contribution in [3.8, 4) is 11.1 Å². The van der Waals surface area contributed by atoms with Crippen LogP contribution in [0.1, 0.15) is 22.3 Å². The number of hydrogen-bond acceptors (Lipinski definition) is 2. The topological polar surface area (TPSA) is 24.4 Å². The van der Waals surface area contributed by atoms with E-state index in [2.05, 4.69) is 58.8 Å². The molecule has 0 radical (unpaired) electrons. The molecule has 0 fully saturated rings. The minimum absolute atomic E-state index is 0.964. The molecule has 2 heteroatoms. The predicted molar refractivity (Wildman–Crippen MR) is 118 cm³/mol. The molecule has 3 aliphatic rings. The van der Waals surface area contributed by atoms with Gasteiger partial charge in [0.15, 0.2) is 0 Å². The molecule has 2 heterocycles. The van der Waals surface area contributed by atoms with Crippen LogP contribution in [0, 0.1) is 0 Å². The van der Waals surface area contributed by atoms with Gasteiger partial charge in [0.05, 0.1) is 5.69 Å². The third-order valence-corrected chi connectivity index (χ3v) is 6.86. The average Bonchev–Trinajstić information content (AvgIpc) is 3.40. The lowest BCUT2D eigenvalue weighted by Gasteiger charge is -2.22. The molecule has 0 aromatic heterocycles. The van der Waals surface area contributed by atoms with E-state index in [9.17, 15) is 0 Å². The molecule has 0 spiro atoms. The number of hydrogen-bond donors (Lipinski definition) is 1. The lowest BCUT2D eigenvalue weighted by molar-refractivity contribution is 0.946. The van der Waals surface area contributed by atoms with Crippen molar-refractivity contribution < 1.29 is 0 Å². The number of benzene rings is 4. The Morgan fingerprint density at radius 3 is 2.21 bits per heavy atom. The van der Waals surface area contributed by atoms with Crippen LogP contribution >= 0.6 is 0 Å². The maximum Gasteiger partial charge on any atom is 0.0667 e. The fourth-order valence-electron chi connectivity index (χ4n) is 5.46. The van der Waals surface area contributed by atoms with Crippen LogP contribution in [0.2, 0.25) is 0 Å². The van der Waals surface area contributed by atoms with Crippen molar-refractivity contribution in [2.75, 3.05) is 11.9 Å². The Kier molecular flexibility index (Phi) is 2.78. The summed E-state index contributed by atoms with van der Waals surface area (Å²) in [4.78, 5) is 4.53. The molecular weight excluding hydrogens is 340 g/mol. The van der Waals surface area contributed by atoms with Gasteiger partial charge >= 0.3 is 0 Å². The van der Waals surface area contributed by atoms with Gasteiger partial charge in [-0.05, 0) is 98.5 Å². The van der Waals surface area contributed by atoms with E-state index in [1.165, 1.54) is 60.6 Å². The van der Waals surface area contributed by atoms with Crippen LogP contribution in [0.5, 0.6) is 0 Å². The summed E-state index contributed by atoms with van der Waals surface area (Å²) in [6, 6.07) is 18.7. The van der Waals surface area contributed by atoms with Gasteiger partial charge in [0, 0.05) is 24.9 Å². The maximum atomic E-state index is 4.53. The number of anilines is 1. The van der Waals surface area contributed by atoms with E-state index in [1.54, 1.807) is 0 Å². The van der Waals surface area contributed by atoms with Gasteiger partial charge in [-0.2, -0.15) is 0 Å². The van der Waals surface area contributed by atoms with E-state index >= 15 is 0 Å². The van der Waals surface area contributed by atoms with Gasteiger partial charge < -0.3 is 5.32 Å². The summed E-state index contributed by atoms with van der Waals surface area (Å²) in [5.74, 6) is 0. The first-order valence-electron chi connectivity index (χ1n) is 10.3. The van der Waals surface area contributed by atoms with E-state index < -0.39 is 0 Å². The molecule has 7 rings (SSSR count). The number of aliphatic imine (C=N–C) groups is 1. The second kappa shape index (κ2) is 5.23. The molecule has 4 aromatic carbocycles. The average molecular weight is 360 g/mol. The van der Waals surface area contributed by atoms with Gasteiger partial charge in [-0.1, -0.05) is 24.3 Å². The fourth-order valence-corrected chi connectivity index (χ4v) is 5.46. The van der Waals surface area contributed by atoms with Crippen molar-refractivity contribution in [3.05, 3.63) is 70.8 Å². The molecule has 0 atom stereocenters. The van der Waals surface area contributed by atoms with Gasteiger partial charge in [0.25, 0.3) is 0 Å². The van der Waals surface area contributed by atoms with Crippen LogP contribution in [-0.4, -0.2) is 12.8 Å². The van der Waals surface area contributed by atoms with Crippen LogP contribution in [0.3, 0.4) is 0 Å². The smallest absolute Gasteiger partial charge is 0.0667 e. The molecule has 2 aliphatic heterocycles. The first-order chi connectivity index (χ1) is 13.8. The van der Waals surface area contributed by atoms with Crippen molar-refractivity contribution in [2.24, 2.45) is 4.99 Å². The highest BCUT2D eigenvalue weighted by Crippen LogP contribution is 2.42. The third-order valence-electron chi connectivity index (χ3n) is 6.86. The first-order valence-corrected chi connectivity index (χ1v) is 10.3. The molecule has 0 bridgehead atoms. The molecule has 0 amide bonds. The number of nitrogens with zero attached hydrogens (tertiary/aromatic N) is 1. The Morgan fingerprint density at radius 1 is 0.714 bits per heavy atom. The van der Waals surface area contributed by atoms with Gasteiger partial charge in [-0.3, -0.25) is 4.99 Å². The van der Waals surface area contributed by atoms with Crippen molar-refractivity contribution in [1.29, 1.82) is 0 Å². The maximum absolute atomic E-state index is 4.53. The van der Waals surface area contributed by atoms with Crippen molar-refractivity contribution in [2.45, 2.75) is 25.7 Å². The second-order valence-electron chi connectivity index (χ2n) is 8.31. The zero-order chi connectivity index (χ0) is 18.2. The summed E-state index contributed by atoms with van der Waals surface area (Å²) in [6.45, 7) is 1.06. The first kappa shape index (κ1) is 14.9. The summed E-state index contributed by atoms with van der Waals surface area (Å²) in [5.41, 5.74) is 11.2. The number of rotatable bonds is 0. The SMILES string of the molecule is C1=Nc2ccc3cc4c(cc3c2C1)CCc1cc2c3c(ccc2cc1-4)NCC3. The Bertz CT molecular complexity index is 1310. The highest BCUT2D eigenvalue weighted by molar-refractivity contribution is 6.00. The van der Waals surface area contributed by atoms with Crippen molar-refractivity contribution in [1.82, 2.24) is 0 Å².